The van der Waals surface area contributed by atoms with E-state index in [4.69, 9.17) is 4.74 Å². The molecule has 0 radical (unpaired) electrons. The number of hydrogen-bond acceptors (Lipinski definition) is 1. The van der Waals surface area contributed by atoms with Gasteiger partial charge < -0.3 is 9.72 Å². The molecule has 0 fully saturated rings. The molecule has 2 heteroatoms. The Morgan fingerprint density at radius 3 is 2.18 bits per heavy atom. The zero-order valence-electron chi connectivity index (χ0n) is 14.7. The van der Waals surface area contributed by atoms with Gasteiger partial charge in [-0.3, -0.25) is 0 Å². The third kappa shape index (κ3) is 3.73. The molecule has 22 heavy (non-hydrogen) atoms. The Hall–Kier alpha value is -1.70. The molecule has 0 aliphatic rings. The summed E-state index contributed by atoms with van der Waals surface area (Å²) in [4.78, 5) is 3.14. The number of aromatic amines is 1. The maximum Gasteiger partial charge on any atom is 0.126 e. The van der Waals surface area contributed by atoms with Gasteiger partial charge >= 0.3 is 0 Å². The lowest BCUT2D eigenvalue weighted by Gasteiger charge is -2.24. The fourth-order valence-corrected chi connectivity index (χ4v) is 2.96. The van der Waals surface area contributed by atoms with Gasteiger partial charge in [0.1, 0.15) is 5.75 Å². The Morgan fingerprint density at radius 1 is 0.955 bits per heavy atom. The van der Waals surface area contributed by atoms with Crippen molar-refractivity contribution in [1.29, 1.82) is 0 Å². The summed E-state index contributed by atoms with van der Waals surface area (Å²) in [6.07, 6.45) is 5.13. The highest BCUT2D eigenvalue weighted by molar-refractivity contribution is 5.51. The summed E-state index contributed by atoms with van der Waals surface area (Å²) >= 11 is 0. The van der Waals surface area contributed by atoms with Crippen LogP contribution >= 0.6 is 0 Å². The van der Waals surface area contributed by atoms with E-state index in [-0.39, 0.29) is 6.10 Å². The van der Waals surface area contributed by atoms with Gasteiger partial charge in [0.15, 0.2) is 0 Å². The van der Waals surface area contributed by atoms with Crippen LogP contribution in [0, 0.1) is 0 Å². The molecule has 0 spiro atoms. The Balaban J connectivity index is 2.54. The maximum absolute atomic E-state index is 6.27. The highest BCUT2D eigenvalue weighted by atomic mass is 16.5. The quantitative estimate of drug-likeness (QED) is 0.733. The SMILES string of the molecule is CC(C)Oc1c(Cc2cc[nH]c2)ccc(C(C)C)c1C(C)C. The molecule has 0 saturated carbocycles. The number of aromatic nitrogens is 1. The molecule has 2 nitrogen and oxygen atoms in total. The number of benzene rings is 1. The van der Waals surface area contributed by atoms with Crippen LogP contribution < -0.4 is 4.74 Å². The van der Waals surface area contributed by atoms with Crippen LogP contribution in [-0.2, 0) is 6.42 Å². The minimum absolute atomic E-state index is 0.185. The third-order valence-electron chi connectivity index (χ3n) is 3.92. The van der Waals surface area contributed by atoms with Gasteiger partial charge in [-0.05, 0) is 48.4 Å². The van der Waals surface area contributed by atoms with E-state index in [1.165, 1.54) is 22.3 Å². The summed E-state index contributed by atoms with van der Waals surface area (Å²) in [6, 6.07) is 6.66. The molecular formula is C20H29NO. The molecule has 0 unspecified atom stereocenters. The zero-order valence-corrected chi connectivity index (χ0v) is 14.7. The summed E-state index contributed by atoms with van der Waals surface area (Å²) in [5.74, 6) is 2.06. The van der Waals surface area contributed by atoms with Gasteiger partial charge in [0, 0.05) is 24.4 Å². The van der Waals surface area contributed by atoms with Crippen molar-refractivity contribution in [3.05, 3.63) is 52.8 Å². The Labute approximate surface area is 134 Å². The molecule has 2 rings (SSSR count). The van der Waals surface area contributed by atoms with Crippen LogP contribution in [0.25, 0.3) is 0 Å². The molecule has 1 heterocycles. The van der Waals surface area contributed by atoms with Crippen LogP contribution in [-0.4, -0.2) is 11.1 Å². The summed E-state index contributed by atoms with van der Waals surface area (Å²) in [5.41, 5.74) is 5.35. The van der Waals surface area contributed by atoms with E-state index in [0.717, 1.165) is 12.2 Å². The van der Waals surface area contributed by atoms with E-state index in [0.29, 0.717) is 11.8 Å². The molecule has 0 aliphatic heterocycles. The molecule has 0 aliphatic carbocycles. The van der Waals surface area contributed by atoms with E-state index in [1.807, 2.05) is 6.20 Å². The van der Waals surface area contributed by atoms with E-state index in [1.54, 1.807) is 0 Å². The van der Waals surface area contributed by atoms with Crippen molar-refractivity contribution in [1.82, 2.24) is 4.98 Å². The summed E-state index contributed by atoms with van der Waals surface area (Å²) in [5, 5.41) is 0. The van der Waals surface area contributed by atoms with Gasteiger partial charge in [-0.1, -0.05) is 39.8 Å². The minimum atomic E-state index is 0.185. The third-order valence-corrected chi connectivity index (χ3v) is 3.92. The van der Waals surface area contributed by atoms with Gasteiger partial charge in [0.25, 0.3) is 0 Å². The molecule has 2 aromatic rings. The van der Waals surface area contributed by atoms with Crippen LogP contribution in [0.4, 0.5) is 0 Å². The molecular weight excluding hydrogens is 270 g/mol. The molecule has 0 atom stereocenters. The van der Waals surface area contributed by atoms with Crippen LogP contribution in [0.3, 0.4) is 0 Å². The van der Waals surface area contributed by atoms with Crippen LogP contribution in [0.5, 0.6) is 5.75 Å². The average molecular weight is 299 g/mol. The Bertz CT molecular complexity index is 594. The second-order valence-electron chi connectivity index (χ2n) is 6.93. The van der Waals surface area contributed by atoms with Crippen molar-refractivity contribution in [2.75, 3.05) is 0 Å². The van der Waals surface area contributed by atoms with Crippen LogP contribution in [0.2, 0.25) is 0 Å². The van der Waals surface area contributed by atoms with E-state index in [9.17, 15) is 0 Å². The highest BCUT2D eigenvalue weighted by Crippen LogP contribution is 2.38. The molecule has 0 saturated heterocycles. The van der Waals surface area contributed by atoms with Crippen molar-refractivity contribution in [2.45, 2.75) is 65.9 Å². The molecule has 120 valence electrons. The first-order valence-corrected chi connectivity index (χ1v) is 8.34. The zero-order chi connectivity index (χ0) is 16.3. The van der Waals surface area contributed by atoms with E-state index >= 15 is 0 Å². The molecule has 0 amide bonds. The first-order chi connectivity index (χ1) is 10.4. The van der Waals surface area contributed by atoms with E-state index in [2.05, 4.69) is 70.9 Å². The topological polar surface area (TPSA) is 25.0 Å². The molecule has 0 bridgehead atoms. The van der Waals surface area contributed by atoms with Gasteiger partial charge in [-0.25, -0.2) is 0 Å². The second-order valence-corrected chi connectivity index (χ2v) is 6.93. The van der Waals surface area contributed by atoms with Gasteiger partial charge in [0.05, 0.1) is 6.10 Å². The standard InChI is InChI=1S/C20H29NO/c1-13(2)18-8-7-17(11-16-9-10-21-12-16)20(22-15(5)6)19(18)14(3)4/h7-10,12-15,21H,11H2,1-6H3. The average Bonchev–Trinajstić information content (AvgIpc) is 2.92. The van der Waals surface area contributed by atoms with Crippen LogP contribution in [0.1, 0.15) is 75.6 Å². The predicted molar refractivity (Wildman–Crippen MR) is 94.0 cm³/mol. The van der Waals surface area contributed by atoms with E-state index < -0.39 is 0 Å². The first kappa shape index (κ1) is 16.7. The Kier molecular flexibility index (Phi) is 5.33. The van der Waals surface area contributed by atoms with Gasteiger partial charge in [-0.2, -0.15) is 0 Å². The normalized spacial score (nSPS) is 11.7. The lowest BCUT2D eigenvalue weighted by Crippen LogP contribution is -2.12. The van der Waals surface area contributed by atoms with Crippen LogP contribution in [0.15, 0.2) is 30.6 Å². The Morgan fingerprint density at radius 2 is 1.68 bits per heavy atom. The summed E-state index contributed by atoms with van der Waals surface area (Å²) in [6.45, 7) is 13.2. The monoisotopic (exact) mass is 299 g/mol. The van der Waals surface area contributed by atoms with Crippen molar-refractivity contribution in [3.63, 3.8) is 0 Å². The second kappa shape index (κ2) is 7.04. The van der Waals surface area contributed by atoms with Gasteiger partial charge in [-0.15, -0.1) is 0 Å². The first-order valence-electron chi connectivity index (χ1n) is 8.34. The predicted octanol–water partition coefficient (Wildman–Crippen LogP) is 5.64. The van der Waals surface area contributed by atoms with Crippen molar-refractivity contribution < 1.29 is 4.74 Å². The number of hydrogen-bond donors (Lipinski definition) is 1. The molecule has 1 aromatic carbocycles. The number of H-pyrrole nitrogens is 1. The van der Waals surface area contributed by atoms with Crippen molar-refractivity contribution in [2.24, 2.45) is 0 Å². The minimum Gasteiger partial charge on any atom is -0.490 e. The molecule has 1 N–H and O–H groups in total. The fraction of sp³-hybridized carbons (Fsp3) is 0.500. The maximum atomic E-state index is 6.27. The van der Waals surface area contributed by atoms with Gasteiger partial charge in [0.2, 0.25) is 0 Å². The fourth-order valence-electron chi connectivity index (χ4n) is 2.96. The van der Waals surface area contributed by atoms with Crippen molar-refractivity contribution in [3.8, 4) is 5.75 Å². The van der Waals surface area contributed by atoms with Crippen molar-refractivity contribution >= 4 is 0 Å². The lowest BCUT2D eigenvalue weighted by molar-refractivity contribution is 0.236. The molecule has 1 aromatic heterocycles. The summed E-state index contributed by atoms with van der Waals surface area (Å²) < 4.78 is 6.27. The number of nitrogens with one attached hydrogen (secondary N) is 1. The lowest BCUT2D eigenvalue weighted by atomic mass is 9.87. The smallest absolute Gasteiger partial charge is 0.126 e. The summed E-state index contributed by atoms with van der Waals surface area (Å²) in [7, 11) is 0. The highest BCUT2D eigenvalue weighted by Gasteiger charge is 2.20. The largest absolute Gasteiger partial charge is 0.490 e. The number of rotatable bonds is 6. The number of ether oxygens (including phenoxy) is 1.